The van der Waals surface area contributed by atoms with Gasteiger partial charge in [-0.25, -0.2) is 0 Å². The molecule has 2 rings (SSSR count). The van der Waals surface area contributed by atoms with Gasteiger partial charge in [-0.3, -0.25) is 9.79 Å². The molecule has 1 aliphatic rings. The van der Waals surface area contributed by atoms with Crippen LogP contribution in [0.4, 0.5) is 0 Å². The first-order chi connectivity index (χ1) is 12.1. The van der Waals surface area contributed by atoms with Gasteiger partial charge in [-0.05, 0) is 24.6 Å². The van der Waals surface area contributed by atoms with E-state index in [9.17, 15) is 4.79 Å². The van der Waals surface area contributed by atoms with E-state index in [-0.39, 0.29) is 5.91 Å². The molecule has 1 heterocycles. The van der Waals surface area contributed by atoms with E-state index in [1.54, 1.807) is 7.11 Å². The van der Waals surface area contributed by atoms with Gasteiger partial charge in [0.25, 0.3) is 0 Å². The fourth-order valence-corrected chi connectivity index (χ4v) is 2.98. The Balaban J connectivity index is 1.87. The van der Waals surface area contributed by atoms with Gasteiger partial charge in [-0.1, -0.05) is 23.7 Å². The van der Waals surface area contributed by atoms with E-state index in [0.29, 0.717) is 37.7 Å². The molecule has 138 valence electrons. The molecule has 0 bridgehead atoms. The summed E-state index contributed by atoms with van der Waals surface area (Å²) in [6.07, 6.45) is 0.391. The highest BCUT2D eigenvalue weighted by Crippen LogP contribution is 2.13. The number of hydrogen-bond acceptors (Lipinski definition) is 3. The third kappa shape index (κ3) is 6.21. The topological polar surface area (TPSA) is 57.2 Å². The zero-order valence-corrected chi connectivity index (χ0v) is 15.8. The SMILES string of the molecule is CCNC(=NCCOC)N1CCN(C(=O)Cc2cccc(Cl)c2)CC1. The van der Waals surface area contributed by atoms with Gasteiger partial charge in [-0.2, -0.15) is 0 Å². The van der Waals surface area contributed by atoms with Crippen molar-refractivity contribution in [2.75, 3.05) is 53.0 Å². The molecular formula is C18H27ClN4O2. The Kier molecular flexibility index (Phi) is 8.01. The first kappa shape index (κ1) is 19.5. The first-order valence-corrected chi connectivity index (χ1v) is 9.06. The zero-order chi connectivity index (χ0) is 18.1. The Morgan fingerprint density at radius 3 is 2.64 bits per heavy atom. The van der Waals surface area contributed by atoms with Gasteiger partial charge in [-0.15, -0.1) is 0 Å². The van der Waals surface area contributed by atoms with Crippen molar-refractivity contribution in [3.63, 3.8) is 0 Å². The Labute approximate surface area is 154 Å². The summed E-state index contributed by atoms with van der Waals surface area (Å²) in [6, 6.07) is 7.48. The van der Waals surface area contributed by atoms with Crippen LogP contribution < -0.4 is 5.32 Å². The van der Waals surface area contributed by atoms with Gasteiger partial charge in [0.15, 0.2) is 5.96 Å². The fourth-order valence-electron chi connectivity index (χ4n) is 2.77. The number of carbonyl (C=O) groups is 1. The lowest BCUT2D eigenvalue weighted by molar-refractivity contribution is -0.131. The zero-order valence-electron chi connectivity index (χ0n) is 15.0. The molecule has 7 heteroatoms. The van der Waals surface area contributed by atoms with E-state index in [4.69, 9.17) is 16.3 Å². The number of carbonyl (C=O) groups excluding carboxylic acids is 1. The highest BCUT2D eigenvalue weighted by molar-refractivity contribution is 6.30. The van der Waals surface area contributed by atoms with E-state index < -0.39 is 0 Å². The summed E-state index contributed by atoms with van der Waals surface area (Å²) in [5.74, 6) is 1.03. The predicted octanol–water partition coefficient (Wildman–Crippen LogP) is 1.64. The number of methoxy groups -OCH3 is 1. The van der Waals surface area contributed by atoms with Crippen LogP contribution in [-0.4, -0.2) is 74.7 Å². The summed E-state index contributed by atoms with van der Waals surface area (Å²) < 4.78 is 5.06. The molecule has 25 heavy (non-hydrogen) atoms. The number of nitrogens with one attached hydrogen (secondary N) is 1. The molecule has 0 saturated carbocycles. The van der Waals surface area contributed by atoms with Crippen molar-refractivity contribution in [3.05, 3.63) is 34.9 Å². The molecule has 1 aromatic rings. The fraction of sp³-hybridized carbons (Fsp3) is 0.556. The van der Waals surface area contributed by atoms with E-state index in [1.807, 2.05) is 29.2 Å². The molecule has 1 aromatic carbocycles. The minimum Gasteiger partial charge on any atom is -0.383 e. The predicted molar refractivity (Wildman–Crippen MR) is 101 cm³/mol. The molecule has 1 amide bonds. The molecule has 0 aromatic heterocycles. The number of aliphatic imine (C=N–C) groups is 1. The Hall–Kier alpha value is -1.79. The molecular weight excluding hydrogens is 340 g/mol. The maximum Gasteiger partial charge on any atom is 0.227 e. The minimum atomic E-state index is 0.142. The Bertz CT molecular complexity index is 586. The van der Waals surface area contributed by atoms with Crippen molar-refractivity contribution < 1.29 is 9.53 Å². The number of benzene rings is 1. The number of ether oxygens (including phenoxy) is 1. The van der Waals surface area contributed by atoms with Crippen molar-refractivity contribution in [1.29, 1.82) is 0 Å². The maximum absolute atomic E-state index is 12.5. The molecule has 0 aliphatic carbocycles. The third-order valence-electron chi connectivity index (χ3n) is 4.07. The molecule has 0 unspecified atom stereocenters. The van der Waals surface area contributed by atoms with Crippen LogP contribution in [-0.2, 0) is 16.0 Å². The van der Waals surface area contributed by atoms with Crippen LogP contribution in [0.1, 0.15) is 12.5 Å². The summed E-state index contributed by atoms with van der Waals surface area (Å²) in [5, 5.41) is 3.97. The summed E-state index contributed by atoms with van der Waals surface area (Å²) in [6.45, 7) is 7.07. The summed E-state index contributed by atoms with van der Waals surface area (Å²) >= 11 is 5.99. The van der Waals surface area contributed by atoms with Gasteiger partial charge in [0, 0.05) is 44.9 Å². The minimum absolute atomic E-state index is 0.142. The maximum atomic E-state index is 12.5. The molecule has 1 saturated heterocycles. The molecule has 1 aliphatic heterocycles. The number of piperazine rings is 1. The monoisotopic (exact) mass is 366 g/mol. The summed E-state index contributed by atoms with van der Waals surface area (Å²) in [4.78, 5) is 21.2. The normalized spacial score (nSPS) is 15.4. The number of rotatable bonds is 6. The van der Waals surface area contributed by atoms with E-state index >= 15 is 0 Å². The average molecular weight is 367 g/mol. The molecule has 0 atom stereocenters. The Morgan fingerprint density at radius 2 is 2.00 bits per heavy atom. The second-order valence-corrected chi connectivity index (χ2v) is 6.34. The first-order valence-electron chi connectivity index (χ1n) is 8.68. The molecule has 0 spiro atoms. The third-order valence-corrected chi connectivity index (χ3v) is 4.30. The van der Waals surface area contributed by atoms with E-state index in [2.05, 4.69) is 22.1 Å². The molecule has 0 radical (unpaired) electrons. The smallest absolute Gasteiger partial charge is 0.227 e. The summed E-state index contributed by atoms with van der Waals surface area (Å²) in [7, 11) is 1.67. The average Bonchev–Trinajstić information content (AvgIpc) is 2.61. The van der Waals surface area contributed by atoms with Crippen LogP contribution >= 0.6 is 11.6 Å². The lowest BCUT2D eigenvalue weighted by Gasteiger charge is -2.36. The van der Waals surface area contributed by atoms with Crippen molar-refractivity contribution in [2.24, 2.45) is 4.99 Å². The van der Waals surface area contributed by atoms with Gasteiger partial charge < -0.3 is 19.9 Å². The number of hydrogen-bond donors (Lipinski definition) is 1. The number of nitrogens with zero attached hydrogens (tertiary/aromatic N) is 3. The Morgan fingerprint density at radius 1 is 1.28 bits per heavy atom. The number of halogens is 1. The second kappa shape index (κ2) is 10.3. The lowest BCUT2D eigenvalue weighted by Crippen LogP contribution is -2.54. The number of guanidine groups is 1. The highest BCUT2D eigenvalue weighted by atomic mass is 35.5. The molecule has 1 N–H and O–H groups in total. The van der Waals surface area contributed by atoms with E-state index in [0.717, 1.165) is 31.2 Å². The van der Waals surface area contributed by atoms with Crippen molar-refractivity contribution in [1.82, 2.24) is 15.1 Å². The van der Waals surface area contributed by atoms with Crippen LogP contribution in [0, 0.1) is 0 Å². The van der Waals surface area contributed by atoms with Gasteiger partial charge in [0.05, 0.1) is 19.6 Å². The van der Waals surface area contributed by atoms with Crippen LogP contribution in [0.15, 0.2) is 29.3 Å². The van der Waals surface area contributed by atoms with Gasteiger partial charge >= 0.3 is 0 Å². The van der Waals surface area contributed by atoms with Crippen LogP contribution in [0.25, 0.3) is 0 Å². The number of amides is 1. The standard InChI is InChI=1S/C18H27ClN4O2/c1-3-20-18(21-7-12-25-2)23-10-8-22(9-11-23)17(24)14-15-5-4-6-16(19)13-15/h4-6,13H,3,7-12,14H2,1-2H3,(H,20,21). The van der Waals surface area contributed by atoms with Gasteiger partial charge in [0.1, 0.15) is 0 Å². The van der Waals surface area contributed by atoms with E-state index in [1.165, 1.54) is 0 Å². The van der Waals surface area contributed by atoms with Crippen molar-refractivity contribution >= 4 is 23.5 Å². The summed E-state index contributed by atoms with van der Waals surface area (Å²) in [5.41, 5.74) is 0.953. The van der Waals surface area contributed by atoms with Crippen LogP contribution in [0.3, 0.4) is 0 Å². The van der Waals surface area contributed by atoms with Gasteiger partial charge in [0.2, 0.25) is 5.91 Å². The van der Waals surface area contributed by atoms with Crippen LogP contribution in [0.5, 0.6) is 0 Å². The lowest BCUT2D eigenvalue weighted by atomic mass is 10.1. The second-order valence-electron chi connectivity index (χ2n) is 5.90. The molecule has 1 fully saturated rings. The molecule has 6 nitrogen and oxygen atoms in total. The van der Waals surface area contributed by atoms with Crippen LogP contribution in [0.2, 0.25) is 5.02 Å². The van der Waals surface area contributed by atoms with Crippen molar-refractivity contribution in [2.45, 2.75) is 13.3 Å². The quantitative estimate of drug-likeness (QED) is 0.472. The van der Waals surface area contributed by atoms with Crippen molar-refractivity contribution in [3.8, 4) is 0 Å². The highest BCUT2D eigenvalue weighted by Gasteiger charge is 2.23. The largest absolute Gasteiger partial charge is 0.383 e.